The lowest BCUT2D eigenvalue weighted by atomic mass is 10.1. The molecule has 2 N–H and O–H groups in total. The van der Waals surface area contributed by atoms with Gasteiger partial charge >= 0.3 is 0 Å². The van der Waals surface area contributed by atoms with Gasteiger partial charge in [0.05, 0.1) is 6.10 Å². The molecular formula is C16H20F2N2O3. The minimum atomic E-state index is -0.893. The summed E-state index contributed by atoms with van der Waals surface area (Å²) in [4.78, 5) is 25.6. The maximum Gasteiger partial charge on any atom is 0.239 e. The molecule has 2 amide bonds. The predicted molar refractivity (Wildman–Crippen MR) is 80.7 cm³/mol. The number of carbonyl (C=O) groups excluding carboxylic acids is 2. The van der Waals surface area contributed by atoms with Crippen LogP contribution in [0.4, 0.5) is 14.5 Å². The second kappa shape index (κ2) is 7.50. The van der Waals surface area contributed by atoms with Gasteiger partial charge in [-0.05, 0) is 25.0 Å². The van der Waals surface area contributed by atoms with Crippen molar-refractivity contribution in [2.24, 2.45) is 5.92 Å². The number of carbonyl (C=O) groups is 2. The summed E-state index contributed by atoms with van der Waals surface area (Å²) in [7, 11) is 0. The quantitative estimate of drug-likeness (QED) is 0.780. The average Bonchev–Trinajstić information content (AvgIpc) is 2.86. The lowest BCUT2D eigenvalue weighted by Crippen LogP contribution is -2.40. The molecule has 2 rings (SSSR count). The molecule has 1 aliphatic heterocycles. The fourth-order valence-electron chi connectivity index (χ4n) is 2.65. The maximum absolute atomic E-state index is 13.3. The Morgan fingerprint density at radius 2 is 2.04 bits per heavy atom. The summed E-state index contributed by atoms with van der Waals surface area (Å²) >= 11 is 0. The third-order valence-electron chi connectivity index (χ3n) is 3.81. The Balaban J connectivity index is 1.99. The number of rotatable bonds is 6. The largest absolute Gasteiger partial charge is 0.391 e. The van der Waals surface area contributed by atoms with E-state index in [0.717, 1.165) is 24.6 Å². The van der Waals surface area contributed by atoms with Crippen molar-refractivity contribution in [2.45, 2.75) is 32.3 Å². The smallest absolute Gasteiger partial charge is 0.239 e. The zero-order valence-corrected chi connectivity index (χ0v) is 12.9. The molecule has 2 atom stereocenters. The molecule has 0 bridgehead atoms. The second-order valence-electron chi connectivity index (χ2n) is 5.65. The Morgan fingerprint density at radius 1 is 1.39 bits per heavy atom. The van der Waals surface area contributed by atoms with Gasteiger partial charge in [-0.3, -0.25) is 9.59 Å². The van der Waals surface area contributed by atoms with E-state index < -0.39 is 35.5 Å². The van der Waals surface area contributed by atoms with E-state index in [1.165, 1.54) is 4.90 Å². The highest BCUT2D eigenvalue weighted by Crippen LogP contribution is 2.26. The molecular weight excluding hydrogens is 306 g/mol. The maximum atomic E-state index is 13.3. The van der Waals surface area contributed by atoms with Gasteiger partial charge in [0, 0.05) is 24.8 Å². The molecule has 2 unspecified atom stereocenters. The third kappa shape index (κ3) is 4.25. The highest BCUT2D eigenvalue weighted by Gasteiger charge is 2.37. The van der Waals surface area contributed by atoms with Crippen LogP contribution in [0.2, 0.25) is 0 Å². The third-order valence-corrected chi connectivity index (χ3v) is 3.81. The SMILES string of the molecule is CCCC(O)CNC(=O)C1CCN(c2cc(F)cc(F)c2)C1=O. The first kappa shape index (κ1) is 17.3. The molecule has 1 aromatic carbocycles. The van der Waals surface area contributed by atoms with Crippen LogP contribution in [-0.4, -0.2) is 36.1 Å². The molecule has 0 spiro atoms. The van der Waals surface area contributed by atoms with E-state index in [9.17, 15) is 23.5 Å². The van der Waals surface area contributed by atoms with Crippen LogP contribution in [0.3, 0.4) is 0 Å². The highest BCUT2D eigenvalue weighted by atomic mass is 19.1. The van der Waals surface area contributed by atoms with Gasteiger partial charge in [0.2, 0.25) is 11.8 Å². The Hall–Kier alpha value is -2.02. The first-order chi connectivity index (χ1) is 10.9. The molecule has 1 heterocycles. The average molecular weight is 326 g/mol. The number of amides is 2. The Labute approximate surface area is 133 Å². The summed E-state index contributed by atoms with van der Waals surface area (Å²) in [6, 6.07) is 2.85. The van der Waals surface area contributed by atoms with E-state index >= 15 is 0 Å². The van der Waals surface area contributed by atoms with Gasteiger partial charge in [-0.1, -0.05) is 13.3 Å². The van der Waals surface area contributed by atoms with Crippen LogP contribution < -0.4 is 10.2 Å². The lowest BCUT2D eigenvalue weighted by molar-refractivity contribution is -0.132. The van der Waals surface area contributed by atoms with E-state index in [1.54, 1.807) is 0 Å². The van der Waals surface area contributed by atoms with Crippen molar-refractivity contribution in [3.8, 4) is 0 Å². The van der Waals surface area contributed by atoms with Crippen LogP contribution in [-0.2, 0) is 9.59 Å². The Bertz CT molecular complexity index is 574. The van der Waals surface area contributed by atoms with Gasteiger partial charge in [0.1, 0.15) is 17.6 Å². The van der Waals surface area contributed by atoms with Gasteiger partial charge in [-0.25, -0.2) is 8.78 Å². The van der Waals surface area contributed by atoms with Gasteiger partial charge < -0.3 is 15.3 Å². The highest BCUT2D eigenvalue weighted by molar-refractivity contribution is 6.09. The van der Waals surface area contributed by atoms with Crippen LogP contribution >= 0.6 is 0 Å². The molecule has 1 saturated heterocycles. The topological polar surface area (TPSA) is 69.6 Å². The molecule has 0 aliphatic carbocycles. The van der Waals surface area contributed by atoms with Crippen LogP contribution in [0, 0.1) is 17.6 Å². The number of benzene rings is 1. The number of nitrogens with one attached hydrogen (secondary N) is 1. The summed E-state index contributed by atoms with van der Waals surface area (Å²) in [6.45, 7) is 2.23. The summed E-state index contributed by atoms with van der Waals surface area (Å²) < 4.78 is 26.5. The molecule has 23 heavy (non-hydrogen) atoms. The first-order valence-electron chi connectivity index (χ1n) is 7.65. The molecule has 5 nitrogen and oxygen atoms in total. The first-order valence-corrected chi connectivity index (χ1v) is 7.65. The monoisotopic (exact) mass is 326 g/mol. The number of anilines is 1. The van der Waals surface area contributed by atoms with Gasteiger partial charge in [-0.15, -0.1) is 0 Å². The van der Waals surface area contributed by atoms with E-state index in [4.69, 9.17) is 0 Å². The number of halogens is 2. The number of hydrogen-bond acceptors (Lipinski definition) is 3. The number of aliphatic hydroxyl groups excluding tert-OH is 1. The summed E-state index contributed by atoms with van der Waals surface area (Å²) in [5.41, 5.74) is 0.105. The zero-order valence-electron chi connectivity index (χ0n) is 12.9. The van der Waals surface area contributed by atoms with E-state index in [2.05, 4.69) is 5.32 Å². The molecule has 0 aromatic heterocycles. The van der Waals surface area contributed by atoms with E-state index in [1.807, 2.05) is 6.92 Å². The number of nitrogens with zero attached hydrogens (tertiary/aromatic N) is 1. The zero-order chi connectivity index (χ0) is 17.0. The molecule has 0 saturated carbocycles. The van der Waals surface area contributed by atoms with Crippen molar-refractivity contribution in [3.05, 3.63) is 29.8 Å². The van der Waals surface area contributed by atoms with Crippen molar-refractivity contribution >= 4 is 17.5 Å². The summed E-state index contributed by atoms with van der Waals surface area (Å²) in [5.74, 6) is -3.40. The summed E-state index contributed by atoms with van der Waals surface area (Å²) in [5, 5.41) is 12.2. The number of hydrogen-bond donors (Lipinski definition) is 2. The summed E-state index contributed by atoms with van der Waals surface area (Å²) in [6.07, 6.45) is 0.979. The van der Waals surface area contributed by atoms with E-state index in [-0.39, 0.29) is 25.2 Å². The van der Waals surface area contributed by atoms with E-state index in [0.29, 0.717) is 6.42 Å². The Kier molecular flexibility index (Phi) is 5.65. The molecule has 0 radical (unpaired) electrons. The van der Waals surface area contributed by atoms with Crippen LogP contribution in [0.15, 0.2) is 18.2 Å². The van der Waals surface area contributed by atoms with Crippen molar-refractivity contribution in [1.82, 2.24) is 5.32 Å². The van der Waals surface area contributed by atoms with Crippen LogP contribution in [0.5, 0.6) is 0 Å². The molecule has 126 valence electrons. The number of aliphatic hydroxyl groups is 1. The molecule has 1 aliphatic rings. The second-order valence-corrected chi connectivity index (χ2v) is 5.65. The van der Waals surface area contributed by atoms with Crippen molar-refractivity contribution in [1.29, 1.82) is 0 Å². The fourth-order valence-corrected chi connectivity index (χ4v) is 2.65. The van der Waals surface area contributed by atoms with Gasteiger partial charge in [0.25, 0.3) is 0 Å². The molecule has 7 heteroatoms. The van der Waals surface area contributed by atoms with Crippen molar-refractivity contribution in [3.63, 3.8) is 0 Å². The minimum Gasteiger partial charge on any atom is -0.391 e. The van der Waals surface area contributed by atoms with Gasteiger partial charge in [0.15, 0.2) is 0 Å². The molecule has 1 fully saturated rings. The predicted octanol–water partition coefficient (Wildman–Crippen LogP) is 1.59. The minimum absolute atomic E-state index is 0.0883. The van der Waals surface area contributed by atoms with Crippen molar-refractivity contribution < 1.29 is 23.5 Å². The van der Waals surface area contributed by atoms with Crippen LogP contribution in [0.25, 0.3) is 0 Å². The lowest BCUT2D eigenvalue weighted by Gasteiger charge is -2.17. The fraction of sp³-hybridized carbons (Fsp3) is 0.500. The molecule has 1 aromatic rings. The van der Waals surface area contributed by atoms with Gasteiger partial charge in [-0.2, -0.15) is 0 Å². The van der Waals surface area contributed by atoms with Crippen LogP contribution in [0.1, 0.15) is 26.2 Å². The normalized spacial score (nSPS) is 19.0. The van der Waals surface area contributed by atoms with Crippen molar-refractivity contribution in [2.75, 3.05) is 18.0 Å². The standard InChI is InChI=1S/C16H20F2N2O3/c1-2-3-13(21)9-19-15(22)14-4-5-20(16(14)23)12-7-10(17)6-11(18)8-12/h6-8,13-14,21H,2-5,9H2,1H3,(H,19,22). The Morgan fingerprint density at radius 3 is 2.65 bits per heavy atom.